The lowest BCUT2D eigenvalue weighted by Gasteiger charge is -2.23. The van der Waals surface area contributed by atoms with Crippen molar-refractivity contribution >= 4 is 5.88 Å². The summed E-state index contributed by atoms with van der Waals surface area (Å²) in [6.07, 6.45) is 1.44. The summed E-state index contributed by atoms with van der Waals surface area (Å²) in [6.45, 7) is 6.28. The summed E-state index contributed by atoms with van der Waals surface area (Å²) < 4.78 is 7.49. The van der Waals surface area contributed by atoms with E-state index in [9.17, 15) is 10.2 Å². The van der Waals surface area contributed by atoms with Crippen LogP contribution in [0.15, 0.2) is 91.3 Å². The zero-order valence-corrected chi connectivity index (χ0v) is 20.2. The molecular weight excluding hydrogens is 438 g/mol. The monoisotopic (exact) mass is 469 g/mol. The Balaban J connectivity index is 1.77. The minimum atomic E-state index is -0.987. The van der Waals surface area contributed by atoms with E-state index >= 15 is 0 Å². The number of aliphatic hydroxyl groups excluding tert-OH is 2. The summed E-state index contributed by atoms with van der Waals surface area (Å²) >= 11 is 0. The molecule has 4 aromatic rings. The summed E-state index contributed by atoms with van der Waals surface area (Å²) in [7, 11) is 0. The van der Waals surface area contributed by atoms with Crippen LogP contribution < -0.4 is 0 Å². The molecule has 0 spiro atoms. The number of benzene rings is 3. The number of aromatic nitrogens is 3. The minimum Gasteiger partial charge on any atom is -0.478 e. The number of rotatable bonds is 9. The number of aryl methyl sites for hydroxylation is 2. The first-order valence-electron chi connectivity index (χ1n) is 11.8. The van der Waals surface area contributed by atoms with E-state index in [0.29, 0.717) is 23.9 Å². The van der Waals surface area contributed by atoms with Gasteiger partial charge in [0.15, 0.2) is 5.82 Å². The van der Waals surface area contributed by atoms with Crippen LogP contribution in [0.4, 0.5) is 0 Å². The van der Waals surface area contributed by atoms with E-state index in [-0.39, 0.29) is 0 Å². The predicted octanol–water partition coefficient (Wildman–Crippen LogP) is 5.33. The molecule has 0 aliphatic rings. The first-order valence-corrected chi connectivity index (χ1v) is 11.8. The highest BCUT2D eigenvalue weighted by Gasteiger charge is 2.25. The maximum Gasteiger partial charge on any atom is 0.212 e. The van der Waals surface area contributed by atoms with Crippen molar-refractivity contribution in [1.29, 1.82) is 0 Å². The van der Waals surface area contributed by atoms with Gasteiger partial charge in [-0.3, -0.25) is 0 Å². The Morgan fingerprint density at radius 3 is 2.06 bits per heavy atom. The van der Waals surface area contributed by atoms with Crippen molar-refractivity contribution in [2.45, 2.75) is 38.9 Å². The molecule has 0 bridgehead atoms. The quantitative estimate of drug-likeness (QED) is 0.324. The van der Waals surface area contributed by atoms with Crippen LogP contribution in [0.1, 0.15) is 58.7 Å². The van der Waals surface area contributed by atoms with Crippen LogP contribution >= 0.6 is 0 Å². The van der Waals surface area contributed by atoms with Crippen molar-refractivity contribution < 1.29 is 14.9 Å². The van der Waals surface area contributed by atoms with E-state index in [1.54, 1.807) is 0 Å². The Kier molecular flexibility index (Phi) is 7.75. The summed E-state index contributed by atoms with van der Waals surface area (Å²) in [5.41, 5.74) is 4.67. The molecule has 0 aliphatic carbocycles. The Morgan fingerprint density at radius 1 is 0.857 bits per heavy atom. The maximum atomic E-state index is 11.4. The highest BCUT2D eigenvalue weighted by molar-refractivity contribution is 5.44. The van der Waals surface area contributed by atoms with Gasteiger partial charge < -0.3 is 14.9 Å². The van der Waals surface area contributed by atoms with E-state index in [1.807, 2.05) is 106 Å². The van der Waals surface area contributed by atoms with Crippen molar-refractivity contribution in [2.75, 3.05) is 6.61 Å². The van der Waals surface area contributed by atoms with Gasteiger partial charge in [-0.1, -0.05) is 90.0 Å². The normalized spacial score (nSPS) is 14.4. The van der Waals surface area contributed by atoms with Gasteiger partial charge in [-0.15, -0.1) is 0 Å². The van der Waals surface area contributed by atoms with Gasteiger partial charge in [-0.05, 0) is 43.5 Å². The summed E-state index contributed by atoms with van der Waals surface area (Å²) in [5.74, 6) is 0.311. The lowest BCUT2D eigenvalue weighted by Crippen LogP contribution is -2.16. The average Bonchev–Trinajstić information content (AvgIpc) is 3.37. The molecule has 180 valence electrons. The Hall–Kier alpha value is -3.74. The van der Waals surface area contributed by atoms with Gasteiger partial charge in [-0.25, -0.2) is 4.98 Å². The molecule has 6 nitrogen and oxygen atoms in total. The first kappa shape index (κ1) is 24.4. The number of hydrogen-bond acceptors (Lipinski definition) is 5. The Bertz CT molecular complexity index is 1250. The molecule has 0 aliphatic heterocycles. The SMILES string of the molecule is CCO/C(=C\C(c1ccccc1)C(O)c1ccc(C)cc1)n1ncnc1C(O)c1ccc(C)cc1. The molecule has 0 fully saturated rings. The van der Waals surface area contributed by atoms with E-state index in [0.717, 1.165) is 22.3 Å². The fraction of sp³-hybridized carbons (Fsp3) is 0.241. The van der Waals surface area contributed by atoms with Gasteiger partial charge in [0, 0.05) is 5.92 Å². The number of ether oxygens (including phenoxy) is 1. The van der Waals surface area contributed by atoms with E-state index in [1.165, 1.54) is 11.0 Å². The minimum absolute atomic E-state index is 0.338. The molecule has 4 rings (SSSR count). The number of aliphatic hydroxyl groups is 2. The molecule has 1 heterocycles. The third-order valence-corrected chi connectivity index (χ3v) is 5.98. The molecular formula is C29H31N3O3. The van der Waals surface area contributed by atoms with Crippen molar-refractivity contribution in [2.24, 2.45) is 0 Å². The molecule has 35 heavy (non-hydrogen) atoms. The molecule has 0 radical (unpaired) electrons. The van der Waals surface area contributed by atoms with Crippen molar-refractivity contribution in [3.63, 3.8) is 0 Å². The van der Waals surface area contributed by atoms with Crippen LogP contribution in [0, 0.1) is 13.8 Å². The highest BCUT2D eigenvalue weighted by Crippen LogP contribution is 2.34. The molecule has 0 amide bonds. The van der Waals surface area contributed by atoms with Gasteiger partial charge >= 0.3 is 0 Å². The molecule has 0 saturated heterocycles. The second-order valence-corrected chi connectivity index (χ2v) is 8.57. The molecule has 1 aromatic heterocycles. The lowest BCUT2D eigenvalue weighted by molar-refractivity contribution is 0.159. The van der Waals surface area contributed by atoms with Gasteiger partial charge in [-0.2, -0.15) is 9.78 Å². The first-order chi connectivity index (χ1) is 17.0. The molecule has 2 N–H and O–H groups in total. The Morgan fingerprint density at radius 2 is 1.46 bits per heavy atom. The predicted molar refractivity (Wildman–Crippen MR) is 136 cm³/mol. The summed E-state index contributed by atoms with van der Waals surface area (Å²) in [4.78, 5) is 4.33. The number of nitrogens with zero attached hydrogens (tertiary/aromatic N) is 3. The van der Waals surface area contributed by atoms with Gasteiger partial charge in [0.1, 0.15) is 12.4 Å². The fourth-order valence-corrected chi connectivity index (χ4v) is 4.00. The van der Waals surface area contributed by atoms with Crippen LogP contribution in [0.5, 0.6) is 0 Å². The topological polar surface area (TPSA) is 80.4 Å². The van der Waals surface area contributed by atoms with E-state index < -0.39 is 18.1 Å². The molecule has 0 saturated carbocycles. The second-order valence-electron chi connectivity index (χ2n) is 8.57. The molecule has 3 atom stereocenters. The third-order valence-electron chi connectivity index (χ3n) is 5.98. The van der Waals surface area contributed by atoms with E-state index in [4.69, 9.17) is 4.74 Å². The van der Waals surface area contributed by atoms with Crippen molar-refractivity contribution in [1.82, 2.24) is 14.8 Å². The number of hydrogen-bond donors (Lipinski definition) is 2. The maximum absolute atomic E-state index is 11.4. The van der Waals surface area contributed by atoms with E-state index in [2.05, 4.69) is 10.1 Å². The van der Waals surface area contributed by atoms with Crippen LogP contribution in [0.3, 0.4) is 0 Å². The standard InChI is InChI=1S/C29H31N3O3/c1-4-35-26(32-29(30-19-31-32)28(34)24-16-12-21(3)13-17-24)18-25(22-8-6-5-7-9-22)27(33)23-14-10-20(2)11-15-23/h5-19,25,27-28,33-34H,4H2,1-3H3/b26-18-. The van der Waals surface area contributed by atoms with Crippen LogP contribution in [0.2, 0.25) is 0 Å². The smallest absolute Gasteiger partial charge is 0.212 e. The molecule has 6 heteroatoms. The lowest BCUT2D eigenvalue weighted by atomic mass is 9.88. The van der Waals surface area contributed by atoms with Crippen molar-refractivity contribution in [3.05, 3.63) is 125 Å². The highest BCUT2D eigenvalue weighted by atomic mass is 16.5. The summed E-state index contributed by atoms with van der Waals surface area (Å²) in [6, 6.07) is 25.3. The van der Waals surface area contributed by atoms with Gasteiger partial charge in [0.05, 0.1) is 12.7 Å². The molecule has 3 unspecified atom stereocenters. The zero-order chi connectivity index (χ0) is 24.8. The Labute approximate surface area is 206 Å². The average molecular weight is 470 g/mol. The van der Waals surface area contributed by atoms with Gasteiger partial charge in [0.25, 0.3) is 0 Å². The molecule has 3 aromatic carbocycles. The fourth-order valence-electron chi connectivity index (χ4n) is 4.00. The van der Waals surface area contributed by atoms with Crippen LogP contribution in [0.25, 0.3) is 5.88 Å². The van der Waals surface area contributed by atoms with Crippen LogP contribution in [-0.4, -0.2) is 31.6 Å². The third kappa shape index (κ3) is 5.67. The summed E-state index contributed by atoms with van der Waals surface area (Å²) in [5, 5.41) is 26.9. The zero-order valence-electron chi connectivity index (χ0n) is 20.2. The van der Waals surface area contributed by atoms with Gasteiger partial charge in [0.2, 0.25) is 5.88 Å². The van der Waals surface area contributed by atoms with Crippen molar-refractivity contribution in [3.8, 4) is 0 Å². The van der Waals surface area contributed by atoms with Crippen LogP contribution in [-0.2, 0) is 4.74 Å². The largest absolute Gasteiger partial charge is 0.478 e. The second kappa shape index (κ2) is 11.1.